The molecule has 0 N–H and O–H groups in total. The number of amides is 1. The van der Waals surface area contributed by atoms with Gasteiger partial charge in [-0.1, -0.05) is 20.8 Å². The van der Waals surface area contributed by atoms with Gasteiger partial charge in [-0.25, -0.2) is 0 Å². The first-order valence-electron chi connectivity index (χ1n) is 8.11. The van der Waals surface area contributed by atoms with Crippen LogP contribution in [-0.2, 0) is 9.59 Å². The van der Waals surface area contributed by atoms with E-state index in [0.717, 1.165) is 32.2 Å². The van der Waals surface area contributed by atoms with Gasteiger partial charge < -0.3 is 4.90 Å². The minimum absolute atomic E-state index is 0.203. The fourth-order valence-corrected chi connectivity index (χ4v) is 5.01. The minimum atomic E-state index is -0.426. The van der Waals surface area contributed by atoms with Crippen LogP contribution in [0, 0.1) is 16.2 Å². The molecular weight excluding hydrogens is 250 g/mol. The van der Waals surface area contributed by atoms with Crippen molar-refractivity contribution in [3.05, 3.63) is 0 Å². The highest BCUT2D eigenvalue weighted by atomic mass is 16.2. The first kappa shape index (κ1) is 14.1. The predicted octanol–water partition coefficient (Wildman–Crippen LogP) is 3.17. The van der Waals surface area contributed by atoms with Crippen LogP contribution in [0.1, 0.15) is 66.2 Å². The standard InChI is InChI=1S/C17H27NO2/c1-12-7-5-6-10-18(12)14(20)17-9-8-16(4,13(19)11-17)15(17,2)3/h12H,5-11H2,1-4H3/t12-,16-,17-/m0/s1. The van der Waals surface area contributed by atoms with E-state index in [9.17, 15) is 9.59 Å². The quantitative estimate of drug-likeness (QED) is 0.738. The van der Waals surface area contributed by atoms with Gasteiger partial charge in [-0.15, -0.1) is 0 Å². The molecule has 3 atom stereocenters. The Morgan fingerprint density at radius 1 is 1.20 bits per heavy atom. The zero-order chi connectivity index (χ0) is 14.8. The second kappa shape index (κ2) is 4.08. The highest BCUT2D eigenvalue weighted by Crippen LogP contribution is 2.71. The fourth-order valence-electron chi connectivity index (χ4n) is 5.01. The molecular formula is C17H27NO2. The molecule has 3 heteroatoms. The van der Waals surface area contributed by atoms with E-state index in [4.69, 9.17) is 0 Å². The summed E-state index contributed by atoms with van der Waals surface area (Å²) in [6, 6.07) is 0.337. The maximum atomic E-state index is 13.3. The Kier molecular flexibility index (Phi) is 2.88. The molecule has 3 nitrogen and oxygen atoms in total. The average Bonchev–Trinajstić information content (AvgIpc) is 2.69. The maximum absolute atomic E-state index is 13.3. The van der Waals surface area contributed by atoms with Gasteiger partial charge in [0.2, 0.25) is 5.91 Å². The molecule has 1 heterocycles. The van der Waals surface area contributed by atoms with E-state index in [2.05, 4.69) is 32.6 Å². The van der Waals surface area contributed by atoms with Gasteiger partial charge in [-0.2, -0.15) is 0 Å². The number of hydrogen-bond donors (Lipinski definition) is 0. The third kappa shape index (κ3) is 1.42. The first-order valence-corrected chi connectivity index (χ1v) is 8.11. The number of hydrogen-bond acceptors (Lipinski definition) is 2. The lowest BCUT2D eigenvalue weighted by molar-refractivity contribution is -0.151. The molecule has 2 bridgehead atoms. The number of rotatable bonds is 1. The predicted molar refractivity (Wildman–Crippen MR) is 78.2 cm³/mol. The van der Waals surface area contributed by atoms with Crippen molar-refractivity contribution in [1.29, 1.82) is 0 Å². The number of carbonyl (C=O) groups excluding carboxylic acids is 2. The van der Waals surface area contributed by atoms with Crippen LogP contribution in [-0.4, -0.2) is 29.2 Å². The van der Waals surface area contributed by atoms with Gasteiger partial charge in [0.25, 0.3) is 0 Å². The van der Waals surface area contributed by atoms with Gasteiger partial charge >= 0.3 is 0 Å². The van der Waals surface area contributed by atoms with Crippen molar-refractivity contribution in [3.8, 4) is 0 Å². The molecule has 3 fully saturated rings. The molecule has 20 heavy (non-hydrogen) atoms. The Morgan fingerprint density at radius 3 is 2.40 bits per heavy atom. The van der Waals surface area contributed by atoms with E-state index in [1.54, 1.807) is 0 Å². The third-order valence-electron chi connectivity index (χ3n) is 7.18. The summed E-state index contributed by atoms with van der Waals surface area (Å²) >= 11 is 0. The summed E-state index contributed by atoms with van der Waals surface area (Å²) in [5.74, 6) is 0.580. The summed E-state index contributed by atoms with van der Waals surface area (Å²) in [5.41, 5.74) is -0.919. The summed E-state index contributed by atoms with van der Waals surface area (Å²) in [6.07, 6.45) is 5.68. The normalized spacial score (nSPS) is 43.1. The van der Waals surface area contributed by atoms with Crippen LogP contribution in [0.25, 0.3) is 0 Å². The number of fused-ring (bicyclic) bond motifs is 2. The summed E-state index contributed by atoms with van der Waals surface area (Å²) < 4.78 is 0. The smallest absolute Gasteiger partial charge is 0.230 e. The van der Waals surface area contributed by atoms with Crippen LogP contribution < -0.4 is 0 Å². The molecule has 0 aromatic heterocycles. The minimum Gasteiger partial charge on any atom is -0.339 e. The van der Waals surface area contributed by atoms with Gasteiger partial charge in [0, 0.05) is 24.4 Å². The Balaban J connectivity index is 1.97. The fraction of sp³-hybridized carbons (Fsp3) is 0.882. The van der Waals surface area contributed by atoms with Crippen molar-refractivity contribution < 1.29 is 9.59 Å². The van der Waals surface area contributed by atoms with Gasteiger partial charge in [0.05, 0.1) is 5.41 Å². The summed E-state index contributed by atoms with van der Waals surface area (Å²) in [4.78, 5) is 27.8. The van der Waals surface area contributed by atoms with Crippen molar-refractivity contribution in [2.45, 2.75) is 72.3 Å². The lowest BCUT2D eigenvalue weighted by Crippen LogP contribution is -2.52. The molecule has 112 valence electrons. The van der Waals surface area contributed by atoms with E-state index < -0.39 is 5.41 Å². The average molecular weight is 277 g/mol. The zero-order valence-electron chi connectivity index (χ0n) is 13.3. The molecule has 1 aliphatic heterocycles. The van der Waals surface area contributed by atoms with Gasteiger partial charge in [0.1, 0.15) is 5.78 Å². The van der Waals surface area contributed by atoms with Crippen molar-refractivity contribution in [3.63, 3.8) is 0 Å². The highest BCUT2D eigenvalue weighted by molar-refractivity contribution is 5.99. The number of piperidine rings is 1. The van der Waals surface area contributed by atoms with Crippen LogP contribution in [0.5, 0.6) is 0 Å². The molecule has 1 amide bonds. The van der Waals surface area contributed by atoms with E-state index in [1.807, 2.05) is 0 Å². The van der Waals surface area contributed by atoms with Gasteiger partial charge in [0.15, 0.2) is 0 Å². The van der Waals surface area contributed by atoms with Crippen molar-refractivity contribution in [1.82, 2.24) is 4.90 Å². The van der Waals surface area contributed by atoms with Crippen LogP contribution in [0.3, 0.4) is 0 Å². The van der Waals surface area contributed by atoms with Crippen molar-refractivity contribution in [2.75, 3.05) is 6.54 Å². The molecule has 1 saturated heterocycles. The number of ketones is 1. The SMILES string of the molecule is C[C@H]1CCCCN1C(=O)[C@]12CC[C@@](C)(C(=O)C1)C2(C)C. The van der Waals surface area contributed by atoms with Crippen molar-refractivity contribution in [2.24, 2.45) is 16.2 Å². The lowest BCUT2D eigenvalue weighted by Gasteiger charge is -2.44. The molecule has 2 aliphatic carbocycles. The molecule has 3 aliphatic rings. The maximum Gasteiger partial charge on any atom is 0.230 e. The van der Waals surface area contributed by atoms with E-state index in [-0.39, 0.29) is 16.7 Å². The number of Topliss-reactive ketones (excluding diaryl/α,β-unsaturated/α-hetero) is 1. The Hall–Kier alpha value is -0.860. The molecule has 0 radical (unpaired) electrons. The second-order valence-electron chi connectivity index (χ2n) is 7.98. The van der Waals surface area contributed by atoms with Crippen LogP contribution >= 0.6 is 0 Å². The van der Waals surface area contributed by atoms with Gasteiger partial charge in [-0.3, -0.25) is 9.59 Å². The van der Waals surface area contributed by atoms with Gasteiger partial charge in [-0.05, 0) is 44.4 Å². The summed E-state index contributed by atoms with van der Waals surface area (Å²) in [7, 11) is 0. The molecule has 3 rings (SSSR count). The Labute approximate surface area is 122 Å². The van der Waals surface area contributed by atoms with Crippen molar-refractivity contribution >= 4 is 11.7 Å². The Bertz CT molecular complexity index is 470. The zero-order valence-corrected chi connectivity index (χ0v) is 13.3. The highest BCUT2D eigenvalue weighted by Gasteiger charge is 2.73. The van der Waals surface area contributed by atoms with Crippen LogP contribution in [0.4, 0.5) is 0 Å². The van der Waals surface area contributed by atoms with E-state index in [1.165, 1.54) is 6.42 Å². The largest absolute Gasteiger partial charge is 0.339 e. The number of carbonyl (C=O) groups is 2. The number of nitrogens with zero attached hydrogens (tertiary/aromatic N) is 1. The van der Waals surface area contributed by atoms with Crippen LogP contribution in [0.15, 0.2) is 0 Å². The van der Waals surface area contributed by atoms with Crippen LogP contribution in [0.2, 0.25) is 0 Å². The molecule has 2 saturated carbocycles. The topological polar surface area (TPSA) is 37.4 Å². The number of likely N-dealkylation sites (tertiary alicyclic amines) is 1. The second-order valence-corrected chi connectivity index (χ2v) is 7.98. The van der Waals surface area contributed by atoms with E-state index >= 15 is 0 Å². The summed E-state index contributed by atoms with van der Waals surface area (Å²) in [6.45, 7) is 9.42. The molecule has 0 unspecified atom stereocenters. The monoisotopic (exact) mass is 277 g/mol. The summed E-state index contributed by atoms with van der Waals surface area (Å²) in [5, 5.41) is 0. The first-order chi connectivity index (χ1) is 9.26. The molecule has 0 aromatic rings. The Morgan fingerprint density at radius 2 is 1.90 bits per heavy atom. The molecule has 0 spiro atoms. The molecule has 0 aromatic carbocycles. The van der Waals surface area contributed by atoms with E-state index in [0.29, 0.717) is 18.2 Å². The lowest BCUT2D eigenvalue weighted by atomic mass is 9.64. The third-order valence-corrected chi connectivity index (χ3v) is 7.18.